The second-order valence-electron chi connectivity index (χ2n) is 8.75. The Labute approximate surface area is 175 Å². The summed E-state index contributed by atoms with van der Waals surface area (Å²) < 4.78 is 5.67. The standard InChI is InChI=1S/C21H39N5OS/c1-7-22-20(23-14-19-25-18(15-28-19)21(4,5)6)24-17-8-10-26(11-9-17)12-13-27-16(2)3/h15-17H,7-14H2,1-6H3,(H2,22,23,24). The van der Waals surface area contributed by atoms with Crippen molar-refractivity contribution in [2.75, 3.05) is 32.8 Å². The average Bonchev–Trinajstić information content (AvgIpc) is 3.10. The number of ether oxygens (including phenoxy) is 1. The lowest BCUT2D eigenvalue weighted by Crippen LogP contribution is -2.49. The van der Waals surface area contributed by atoms with Crippen molar-refractivity contribution in [3.63, 3.8) is 0 Å². The molecule has 0 unspecified atom stereocenters. The van der Waals surface area contributed by atoms with Gasteiger partial charge < -0.3 is 20.3 Å². The van der Waals surface area contributed by atoms with Crippen LogP contribution in [0.3, 0.4) is 0 Å². The first-order valence-corrected chi connectivity index (χ1v) is 11.5. The van der Waals surface area contributed by atoms with Gasteiger partial charge in [0.1, 0.15) is 5.01 Å². The van der Waals surface area contributed by atoms with Crippen molar-refractivity contribution in [2.24, 2.45) is 4.99 Å². The molecule has 0 atom stereocenters. The number of hydrogen-bond acceptors (Lipinski definition) is 5. The monoisotopic (exact) mass is 409 g/mol. The fourth-order valence-corrected chi connectivity index (χ4v) is 4.05. The number of rotatable bonds is 8. The van der Waals surface area contributed by atoms with Crippen molar-refractivity contribution in [1.82, 2.24) is 20.5 Å². The average molecular weight is 410 g/mol. The number of aromatic nitrogens is 1. The second kappa shape index (κ2) is 11.1. The molecule has 160 valence electrons. The Morgan fingerprint density at radius 3 is 2.64 bits per heavy atom. The molecule has 0 aliphatic carbocycles. The molecule has 0 radical (unpaired) electrons. The molecule has 0 aromatic carbocycles. The van der Waals surface area contributed by atoms with E-state index in [-0.39, 0.29) is 5.41 Å². The quantitative estimate of drug-likeness (QED) is 0.509. The van der Waals surface area contributed by atoms with Gasteiger partial charge in [-0.15, -0.1) is 11.3 Å². The molecule has 0 spiro atoms. The van der Waals surface area contributed by atoms with Crippen molar-refractivity contribution < 1.29 is 4.74 Å². The summed E-state index contributed by atoms with van der Waals surface area (Å²) in [6, 6.07) is 0.474. The Balaban J connectivity index is 1.81. The van der Waals surface area contributed by atoms with Crippen molar-refractivity contribution in [2.45, 2.75) is 78.5 Å². The van der Waals surface area contributed by atoms with Crippen molar-refractivity contribution in [1.29, 1.82) is 0 Å². The fraction of sp³-hybridized carbons (Fsp3) is 0.810. The SMILES string of the molecule is CCNC(=NCc1nc(C(C)(C)C)cs1)NC1CCN(CCOC(C)C)CC1. The molecule has 2 heterocycles. The minimum Gasteiger partial charge on any atom is -0.377 e. The highest BCUT2D eigenvalue weighted by Gasteiger charge is 2.20. The van der Waals surface area contributed by atoms with Gasteiger partial charge in [-0.25, -0.2) is 9.98 Å². The largest absolute Gasteiger partial charge is 0.377 e. The van der Waals surface area contributed by atoms with Crippen LogP contribution in [0, 0.1) is 0 Å². The molecule has 6 nitrogen and oxygen atoms in total. The lowest BCUT2D eigenvalue weighted by atomic mass is 9.93. The predicted octanol–water partition coefficient (Wildman–Crippen LogP) is 3.39. The number of piperidine rings is 1. The number of thiazole rings is 1. The van der Waals surface area contributed by atoms with E-state index in [9.17, 15) is 0 Å². The normalized spacial score (nSPS) is 17.3. The van der Waals surface area contributed by atoms with Gasteiger partial charge in [0.15, 0.2) is 5.96 Å². The van der Waals surface area contributed by atoms with Crippen molar-refractivity contribution >= 4 is 17.3 Å². The Morgan fingerprint density at radius 1 is 1.36 bits per heavy atom. The van der Waals surface area contributed by atoms with Crippen LogP contribution in [0.15, 0.2) is 10.4 Å². The minimum atomic E-state index is 0.0927. The van der Waals surface area contributed by atoms with Crippen LogP contribution in [0.25, 0.3) is 0 Å². The Bertz CT molecular complexity index is 600. The number of nitrogens with zero attached hydrogens (tertiary/aromatic N) is 3. The van der Waals surface area contributed by atoms with Crippen LogP contribution in [0.2, 0.25) is 0 Å². The molecule has 0 amide bonds. The summed E-state index contributed by atoms with van der Waals surface area (Å²) in [6.07, 6.45) is 2.59. The Morgan fingerprint density at radius 2 is 2.07 bits per heavy atom. The molecule has 1 aliphatic rings. The predicted molar refractivity (Wildman–Crippen MR) is 119 cm³/mol. The number of guanidine groups is 1. The van der Waals surface area contributed by atoms with E-state index in [0.717, 1.165) is 62.3 Å². The topological polar surface area (TPSA) is 61.8 Å². The van der Waals surface area contributed by atoms with Crippen LogP contribution in [0.4, 0.5) is 0 Å². The third-order valence-corrected chi connectivity index (χ3v) is 5.66. The fourth-order valence-electron chi connectivity index (χ4n) is 3.11. The highest BCUT2D eigenvalue weighted by molar-refractivity contribution is 7.09. The summed E-state index contributed by atoms with van der Waals surface area (Å²) in [5.74, 6) is 0.900. The lowest BCUT2D eigenvalue weighted by Gasteiger charge is -2.33. The van der Waals surface area contributed by atoms with Gasteiger partial charge in [-0.05, 0) is 33.6 Å². The van der Waals surface area contributed by atoms with E-state index >= 15 is 0 Å². The maximum absolute atomic E-state index is 5.67. The molecule has 0 bridgehead atoms. The van der Waals surface area contributed by atoms with Crippen LogP contribution >= 0.6 is 11.3 Å². The zero-order chi connectivity index (χ0) is 20.6. The highest BCUT2D eigenvalue weighted by atomic mass is 32.1. The molecule has 2 N–H and O–H groups in total. The van der Waals surface area contributed by atoms with Gasteiger partial charge in [0.2, 0.25) is 0 Å². The van der Waals surface area contributed by atoms with Gasteiger partial charge in [-0.1, -0.05) is 20.8 Å². The molecule has 7 heteroatoms. The van der Waals surface area contributed by atoms with Crippen molar-refractivity contribution in [3.8, 4) is 0 Å². The number of nitrogens with one attached hydrogen (secondary N) is 2. The minimum absolute atomic E-state index is 0.0927. The summed E-state index contributed by atoms with van der Waals surface area (Å²) in [5.41, 5.74) is 1.24. The maximum atomic E-state index is 5.67. The maximum Gasteiger partial charge on any atom is 0.191 e. The molecule has 1 saturated heterocycles. The van der Waals surface area contributed by atoms with E-state index in [2.05, 4.69) is 62.5 Å². The Hall–Kier alpha value is -1.18. The molecule has 2 rings (SSSR count). The summed E-state index contributed by atoms with van der Waals surface area (Å²) in [5, 5.41) is 10.2. The summed E-state index contributed by atoms with van der Waals surface area (Å²) in [4.78, 5) is 12.0. The first-order chi connectivity index (χ1) is 13.3. The summed E-state index contributed by atoms with van der Waals surface area (Å²) >= 11 is 1.70. The van der Waals surface area contributed by atoms with Crippen LogP contribution in [-0.2, 0) is 16.7 Å². The molecule has 28 heavy (non-hydrogen) atoms. The van der Waals surface area contributed by atoms with Crippen molar-refractivity contribution in [3.05, 3.63) is 16.1 Å². The molecule has 1 fully saturated rings. The zero-order valence-electron chi connectivity index (χ0n) is 18.5. The highest BCUT2D eigenvalue weighted by Crippen LogP contribution is 2.24. The molecular weight excluding hydrogens is 370 g/mol. The van der Waals surface area contributed by atoms with Gasteiger partial charge in [0.25, 0.3) is 0 Å². The van der Waals surface area contributed by atoms with Gasteiger partial charge in [0.05, 0.1) is 24.9 Å². The molecule has 1 aliphatic heterocycles. The van der Waals surface area contributed by atoms with Gasteiger partial charge >= 0.3 is 0 Å². The molecule has 1 aromatic heterocycles. The smallest absolute Gasteiger partial charge is 0.191 e. The first kappa shape index (κ1) is 23.1. The molecule has 0 saturated carbocycles. The summed E-state index contributed by atoms with van der Waals surface area (Å²) in [7, 11) is 0. The zero-order valence-corrected chi connectivity index (χ0v) is 19.4. The first-order valence-electron chi connectivity index (χ1n) is 10.6. The molecule has 1 aromatic rings. The third-order valence-electron chi connectivity index (χ3n) is 4.82. The van der Waals surface area contributed by atoms with Crippen LogP contribution in [0.1, 0.15) is 65.1 Å². The molecular formula is C21H39N5OS. The summed E-state index contributed by atoms with van der Waals surface area (Å²) in [6.45, 7) is 18.4. The van der Waals surface area contributed by atoms with E-state index in [1.54, 1.807) is 11.3 Å². The van der Waals surface area contributed by atoms with E-state index in [1.165, 1.54) is 0 Å². The third kappa shape index (κ3) is 8.05. The van der Waals surface area contributed by atoms with E-state index in [4.69, 9.17) is 14.7 Å². The van der Waals surface area contributed by atoms with Gasteiger partial charge in [-0.3, -0.25) is 0 Å². The van der Waals surface area contributed by atoms with Gasteiger partial charge in [0, 0.05) is 43.0 Å². The van der Waals surface area contributed by atoms with Gasteiger partial charge in [-0.2, -0.15) is 0 Å². The van der Waals surface area contributed by atoms with E-state index in [0.29, 0.717) is 18.7 Å². The second-order valence-corrected chi connectivity index (χ2v) is 9.69. The van der Waals surface area contributed by atoms with Crippen LogP contribution in [0.5, 0.6) is 0 Å². The van der Waals surface area contributed by atoms with E-state index in [1.807, 2.05) is 0 Å². The van der Waals surface area contributed by atoms with E-state index < -0.39 is 0 Å². The Kier molecular flexibility index (Phi) is 9.18. The number of hydrogen-bond donors (Lipinski definition) is 2. The van der Waals surface area contributed by atoms with Crippen LogP contribution < -0.4 is 10.6 Å². The van der Waals surface area contributed by atoms with Crippen LogP contribution in [-0.4, -0.2) is 60.8 Å². The lowest BCUT2D eigenvalue weighted by molar-refractivity contribution is 0.0532. The number of aliphatic imine (C=N–C) groups is 1. The number of likely N-dealkylation sites (tertiary alicyclic amines) is 1.